The largest absolute Gasteiger partial charge is 0.460 e. The molecule has 2 N–H and O–H groups in total. The van der Waals surface area contributed by atoms with Crippen molar-refractivity contribution in [1.82, 2.24) is 10.3 Å². The molecule has 2 atom stereocenters. The van der Waals surface area contributed by atoms with Crippen LogP contribution < -0.4 is 5.32 Å². The lowest BCUT2D eigenvalue weighted by molar-refractivity contribution is -0.156. The molecule has 10 heteroatoms. The van der Waals surface area contributed by atoms with Crippen molar-refractivity contribution in [3.63, 3.8) is 0 Å². The zero-order valence-electron chi connectivity index (χ0n) is 17.4. The second kappa shape index (κ2) is 10.7. The van der Waals surface area contributed by atoms with E-state index in [2.05, 4.69) is 16.9 Å². The normalized spacial score (nSPS) is 13.2. The topological polar surface area (TPSA) is 111 Å². The fourth-order valence-corrected chi connectivity index (χ4v) is 3.16. The molecule has 0 spiro atoms. The molecule has 1 aromatic heterocycles. The predicted molar refractivity (Wildman–Crippen MR) is 116 cm³/mol. The summed E-state index contributed by atoms with van der Waals surface area (Å²) in [4.78, 5) is 28.3. The SMILES string of the molecule is C=CCOC(=O)N[C@@H](CC(=O)OC(C)(C)C)C(O)c1ncc(-c2c(Cl)cccc2Cl)o1. The maximum Gasteiger partial charge on any atom is 0.407 e. The van der Waals surface area contributed by atoms with Gasteiger partial charge in [0, 0.05) is 0 Å². The van der Waals surface area contributed by atoms with Crippen molar-refractivity contribution in [3.05, 3.63) is 53.0 Å². The summed E-state index contributed by atoms with van der Waals surface area (Å²) in [5.41, 5.74) is -0.342. The minimum Gasteiger partial charge on any atom is -0.460 e. The van der Waals surface area contributed by atoms with Crippen LogP contribution in [0, 0.1) is 0 Å². The third kappa shape index (κ3) is 7.27. The molecule has 0 saturated carbocycles. The predicted octanol–water partition coefficient (Wildman–Crippen LogP) is 4.69. The summed E-state index contributed by atoms with van der Waals surface area (Å²) in [5, 5.41) is 13.9. The first-order valence-corrected chi connectivity index (χ1v) is 10.1. The van der Waals surface area contributed by atoms with Crippen molar-refractivity contribution in [2.75, 3.05) is 6.61 Å². The lowest BCUT2D eigenvalue weighted by Crippen LogP contribution is -2.42. The van der Waals surface area contributed by atoms with Crippen LogP contribution in [0.1, 0.15) is 39.2 Å². The third-order valence-corrected chi connectivity index (χ3v) is 4.44. The lowest BCUT2D eigenvalue weighted by Gasteiger charge is -2.24. The number of amides is 1. The number of halogens is 2. The number of ether oxygens (including phenoxy) is 2. The summed E-state index contributed by atoms with van der Waals surface area (Å²) in [6.45, 7) is 8.52. The van der Waals surface area contributed by atoms with Crippen LogP contribution in [0.15, 0.2) is 41.5 Å². The molecule has 0 aliphatic rings. The average molecular weight is 471 g/mol. The van der Waals surface area contributed by atoms with Gasteiger partial charge in [0.05, 0.1) is 34.3 Å². The number of rotatable bonds is 8. The molecule has 168 valence electrons. The van der Waals surface area contributed by atoms with Gasteiger partial charge in [0.15, 0.2) is 11.9 Å². The first-order valence-electron chi connectivity index (χ1n) is 9.36. The van der Waals surface area contributed by atoms with E-state index in [0.717, 1.165) is 0 Å². The maximum atomic E-state index is 12.3. The molecular formula is C21H24Cl2N2O6. The maximum absolute atomic E-state index is 12.3. The van der Waals surface area contributed by atoms with Crippen LogP contribution in [-0.4, -0.2) is 40.4 Å². The smallest absolute Gasteiger partial charge is 0.407 e. The zero-order valence-corrected chi connectivity index (χ0v) is 18.9. The molecule has 0 radical (unpaired) electrons. The van der Waals surface area contributed by atoms with E-state index in [1.807, 2.05) is 0 Å². The van der Waals surface area contributed by atoms with Crippen LogP contribution in [0.5, 0.6) is 0 Å². The minimum absolute atomic E-state index is 0.0464. The van der Waals surface area contributed by atoms with E-state index in [0.29, 0.717) is 15.6 Å². The number of aliphatic hydroxyl groups excluding tert-OH is 1. The standard InChI is InChI=1S/C21H24Cl2N2O6/c1-5-9-29-20(28)25-14(10-16(26)31-21(2,3)4)18(27)19-24-11-15(30-19)17-12(22)7-6-8-13(17)23/h5-8,11,14,18,27H,1,9-10H2,2-4H3,(H,25,28)/t14-,18?/m0/s1. The number of nitrogens with zero attached hydrogens (tertiary/aromatic N) is 1. The van der Waals surface area contributed by atoms with Gasteiger partial charge in [0.2, 0.25) is 5.89 Å². The number of carbonyl (C=O) groups is 2. The van der Waals surface area contributed by atoms with Crippen molar-refractivity contribution in [2.24, 2.45) is 0 Å². The number of benzene rings is 1. The van der Waals surface area contributed by atoms with E-state index < -0.39 is 29.8 Å². The van der Waals surface area contributed by atoms with Crippen molar-refractivity contribution in [3.8, 4) is 11.3 Å². The van der Waals surface area contributed by atoms with Gasteiger partial charge in [-0.05, 0) is 32.9 Å². The van der Waals surface area contributed by atoms with Crippen LogP contribution in [0.2, 0.25) is 10.0 Å². The van der Waals surface area contributed by atoms with Gasteiger partial charge in [-0.15, -0.1) is 0 Å². The molecule has 1 amide bonds. The van der Waals surface area contributed by atoms with Crippen molar-refractivity contribution < 1.29 is 28.6 Å². The zero-order chi connectivity index (χ0) is 23.2. The Morgan fingerprint density at radius 1 is 1.32 bits per heavy atom. The highest BCUT2D eigenvalue weighted by Crippen LogP contribution is 2.36. The summed E-state index contributed by atoms with van der Waals surface area (Å²) in [6, 6.07) is 3.80. The Kier molecular flexibility index (Phi) is 8.50. The molecule has 0 aliphatic carbocycles. The number of carbonyl (C=O) groups excluding carboxylic acids is 2. The van der Waals surface area contributed by atoms with Crippen LogP contribution in [0.4, 0.5) is 4.79 Å². The van der Waals surface area contributed by atoms with E-state index >= 15 is 0 Å². The Morgan fingerprint density at radius 2 is 1.97 bits per heavy atom. The molecule has 8 nitrogen and oxygen atoms in total. The van der Waals surface area contributed by atoms with Gasteiger partial charge in [-0.2, -0.15) is 0 Å². The Bertz CT molecular complexity index is 918. The van der Waals surface area contributed by atoms with Crippen molar-refractivity contribution in [1.29, 1.82) is 0 Å². The molecule has 2 rings (SSSR count). The van der Waals surface area contributed by atoms with E-state index in [1.54, 1.807) is 39.0 Å². The molecule has 31 heavy (non-hydrogen) atoms. The first kappa shape index (κ1) is 24.7. The number of hydrogen-bond acceptors (Lipinski definition) is 7. The summed E-state index contributed by atoms with van der Waals surface area (Å²) >= 11 is 12.4. The molecule has 1 unspecified atom stereocenters. The van der Waals surface area contributed by atoms with Crippen molar-refractivity contribution in [2.45, 2.75) is 44.9 Å². The minimum atomic E-state index is -1.49. The first-order chi connectivity index (χ1) is 14.5. The van der Waals surface area contributed by atoms with Gasteiger partial charge in [0.1, 0.15) is 12.2 Å². The second-order valence-corrected chi connectivity index (χ2v) is 8.35. The number of hydrogen-bond donors (Lipinski definition) is 2. The molecule has 1 heterocycles. The fourth-order valence-electron chi connectivity index (χ4n) is 2.58. The van der Waals surface area contributed by atoms with Gasteiger partial charge in [-0.3, -0.25) is 4.79 Å². The van der Waals surface area contributed by atoms with E-state index in [4.69, 9.17) is 37.1 Å². The highest BCUT2D eigenvalue weighted by Gasteiger charge is 2.32. The number of nitrogens with one attached hydrogen (secondary N) is 1. The number of oxazole rings is 1. The summed E-state index contributed by atoms with van der Waals surface area (Å²) in [7, 11) is 0. The van der Waals surface area contributed by atoms with E-state index in [9.17, 15) is 14.7 Å². The molecule has 0 bridgehead atoms. The molecule has 2 aromatic rings. The van der Waals surface area contributed by atoms with Crippen molar-refractivity contribution >= 4 is 35.3 Å². The highest BCUT2D eigenvalue weighted by atomic mass is 35.5. The molecule has 1 aromatic carbocycles. The number of aromatic nitrogens is 1. The van der Waals surface area contributed by atoms with Crippen LogP contribution in [0.25, 0.3) is 11.3 Å². The van der Waals surface area contributed by atoms with Crippen LogP contribution in [0.3, 0.4) is 0 Å². The van der Waals surface area contributed by atoms with Gasteiger partial charge >= 0.3 is 12.1 Å². The average Bonchev–Trinajstić information content (AvgIpc) is 3.13. The van der Waals surface area contributed by atoms with Crippen LogP contribution >= 0.6 is 23.2 Å². The monoisotopic (exact) mass is 470 g/mol. The number of aliphatic hydroxyl groups is 1. The highest BCUT2D eigenvalue weighted by molar-refractivity contribution is 6.39. The van der Waals surface area contributed by atoms with Gasteiger partial charge in [0.25, 0.3) is 0 Å². The second-order valence-electron chi connectivity index (χ2n) is 7.53. The summed E-state index contributed by atoms with van der Waals surface area (Å²) in [6.07, 6.45) is 0.0256. The number of esters is 1. The van der Waals surface area contributed by atoms with Crippen LogP contribution in [-0.2, 0) is 14.3 Å². The Morgan fingerprint density at radius 3 is 2.55 bits per heavy atom. The van der Waals surface area contributed by atoms with E-state index in [-0.39, 0.29) is 24.7 Å². The Labute approximate surface area is 190 Å². The molecule has 0 fully saturated rings. The molecular weight excluding hydrogens is 447 g/mol. The molecule has 0 saturated heterocycles. The lowest BCUT2D eigenvalue weighted by atomic mass is 10.1. The Balaban J connectivity index is 2.26. The third-order valence-electron chi connectivity index (χ3n) is 3.81. The Hall–Kier alpha value is -2.55. The van der Waals surface area contributed by atoms with Gasteiger partial charge in [-0.25, -0.2) is 9.78 Å². The fraction of sp³-hybridized carbons (Fsp3) is 0.381. The summed E-state index contributed by atoms with van der Waals surface area (Å²) in [5.74, 6) is -0.569. The van der Waals surface area contributed by atoms with E-state index in [1.165, 1.54) is 12.3 Å². The summed E-state index contributed by atoms with van der Waals surface area (Å²) < 4.78 is 15.8. The van der Waals surface area contributed by atoms with Gasteiger partial charge in [-0.1, -0.05) is 41.9 Å². The molecule has 0 aliphatic heterocycles. The number of alkyl carbamates (subject to hydrolysis) is 1. The van der Waals surface area contributed by atoms with Gasteiger partial charge < -0.3 is 24.3 Å². The quantitative estimate of drug-likeness (QED) is 0.424.